The van der Waals surface area contributed by atoms with Gasteiger partial charge in [-0.3, -0.25) is 0 Å². The Hall–Kier alpha value is -0.790. The molecule has 10 heteroatoms. The second kappa shape index (κ2) is 9.81. The third kappa shape index (κ3) is 5.42. The van der Waals surface area contributed by atoms with Gasteiger partial charge in [-0.2, -0.15) is 9.57 Å². The van der Waals surface area contributed by atoms with E-state index >= 15 is 0 Å². The van der Waals surface area contributed by atoms with Crippen LogP contribution in [0.2, 0.25) is 10.0 Å². The number of benzene rings is 2. The number of hydrogen-bond acceptors (Lipinski definition) is 5. The molecule has 0 radical (unpaired) electrons. The van der Waals surface area contributed by atoms with E-state index in [1.165, 1.54) is 22.1 Å². The van der Waals surface area contributed by atoms with Gasteiger partial charge >= 0.3 is 0 Å². The molecular weight excluding hydrogens is 505 g/mol. The molecule has 28 heavy (non-hydrogen) atoms. The van der Waals surface area contributed by atoms with Gasteiger partial charge < -0.3 is 4.90 Å². The number of sulfonamides is 1. The summed E-state index contributed by atoms with van der Waals surface area (Å²) in [4.78, 5) is 3.48. The van der Waals surface area contributed by atoms with E-state index in [1.807, 2.05) is 13.1 Å². The molecule has 0 aromatic heterocycles. The third-order valence-corrected chi connectivity index (χ3v) is 7.77. The van der Waals surface area contributed by atoms with Crippen LogP contribution in [0.1, 0.15) is 5.56 Å². The molecule has 0 bridgehead atoms. The van der Waals surface area contributed by atoms with Gasteiger partial charge in [0.15, 0.2) is 0 Å². The fourth-order valence-corrected chi connectivity index (χ4v) is 6.28. The first-order valence-electron chi connectivity index (χ1n) is 8.16. The van der Waals surface area contributed by atoms with Gasteiger partial charge in [0, 0.05) is 46.0 Å². The van der Waals surface area contributed by atoms with Gasteiger partial charge in [-0.05, 0) is 43.4 Å². The fourth-order valence-electron chi connectivity index (χ4n) is 2.75. The molecular formula is C18H18BrCl2N3O2S2. The monoisotopic (exact) mass is 521 g/mol. The summed E-state index contributed by atoms with van der Waals surface area (Å²) >= 11 is 13.4. The van der Waals surface area contributed by atoms with Crippen molar-refractivity contribution >= 4 is 62.0 Å². The average molecular weight is 523 g/mol. The number of piperazine rings is 1. The second-order valence-electron chi connectivity index (χ2n) is 6.19. The lowest BCUT2D eigenvalue weighted by molar-refractivity contribution is 0.222. The van der Waals surface area contributed by atoms with Crippen LogP contribution in [0.3, 0.4) is 0 Å². The fraction of sp³-hybridized carbons (Fsp3) is 0.278. The predicted molar refractivity (Wildman–Crippen MR) is 118 cm³/mol. The Kier molecular flexibility index (Phi) is 8.23. The normalized spacial score (nSPS) is 15.6. The van der Waals surface area contributed by atoms with Gasteiger partial charge in [0.05, 0.1) is 16.5 Å². The second-order valence-corrected chi connectivity index (χ2v) is 10.1. The van der Waals surface area contributed by atoms with Gasteiger partial charge in [-0.15, -0.1) is 17.0 Å². The van der Waals surface area contributed by atoms with Crippen LogP contribution >= 0.6 is 51.9 Å². The van der Waals surface area contributed by atoms with Crippen LogP contribution < -0.4 is 0 Å². The molecule has 1 fully saturated rings. The molecule has 1 aliphatic rings. The Bertz CT molecular complexity index is 984. The summed E-state index contributed by atoms with van der Waals surface area (Å²) in [7, 11) is -1.76. The molecule has 1 heterocycles. The quantitative estimate of drug-likeness (QED) is 0.590. The summed E-state index contributed by atoms with van der Waals surface area (Å²) in [5.41, 5.74) is 0.302. The lowest BCUT2D eigenvalue weighted by Gasteiger charge is -2.32. The van der Waals surface area contributed by atoms with E-state index in [9.17, 15) is 13.7 Å². The van der Waals surface area contributed by atoms with Crippen molar-refractivity contribution in [1.82, 2.24) is 9.21 Å². The zero-order valence-electron chi connectivity index (χ0n) is 14.9. The van der Waals surface area contributed by atoms with E-state index in [2.05, 4.69) is 4.90 Å². The van der Waals surface area contributed by atoms with Gasteiger partial charge in [-0.25, -0.2) is 8.42 Å². The molecule has 1 aliphatic heterocycles. The minimum Gasteiger partial charge on any atom is -0.304 e. The number of nitriles is 1. The maximum Gasteiger partial charge on any atom is 0.244 e. The maximum absolute atomic E-state index is 13.2. The number of nitrogens with zero attached hydrogens (tertiary/aromatic N) is 3. The Morgan fingerprint density at radius 3 is 2.21 bits per heavy atom. The molecule has 0 amide bonds. The highest BCUT2D eigenvalue weighted by Crippen LogP contribution is 2.37. The molecule has 0 unspecified atom stereocenters. The largest absolute Gasteiger partial charge is 0.304 e. The zero-order chi connectivity index (χ0) is 19.6. The van der Waals surface area contributed by atoms with Crippen molar-refractivity contribution in [3.05, 3.63) is 52.0 Å². The zero-order valence-corrected chi connectivity index (χ0v) is 19.8. The summed E-state index contributed by atoms with van der Waals surface area (Å²) in [6, 6.07) is 11.8. The number of hydrogen-bond donors (Lipinski definition) is 0. The van der Waals surface area contributed by atoms with Gasteiger partial charge in [0.1, 0.15) is 0 Å². The molecule has 0 atom stereocenters. The van der Waals surface area contributed by atoms with Gasteiger partial charge in [-0.1, -0.05) is 35.0 Å². The minimum atomic E-state index is -3.72. The lowest BCUT2D eigenvalue weighted by atomic mass is 10.2. The summed E-state index contributed by atoms with van der Waals surface area (Å²) in [6.45, 7) is 2.18. The van der Waals surface area contributed by atoms with Crippen LogP contribution in [-0.4, -0.2) is 50.8 Å². The first kappa shape index (κ1) is 23.5. The predicted octanol–water partition coefficient (Wildman–Crippen LogP) is 4.53. The van der Waals surface area contributed by atoms with Crippen molar-refractivity contribution < 1.29 is 8.42 Å². The minimum absolute atomic E-state index is 0. The van der Waals surface area contributed by atoms with Crippen LogP contribution in [0, 0.1) is 11.3 Å². The van der Waals surface area contributed by atoms with Crippen LogP contribution in [-0.2, 0) is 10.0 Å². The number of likely N-dealkylation sites (N-methyl/N-ethyl adjacent to an activating group) is 1. The van der Waals surface area contributed by atoms with Gasteiger partial charge in [0.2, 0.25) is 10.0 Å². The molecule has 2 aromatic rings. The van der Waals surface area contributed by atoms with E-state index in [4.69, 9.17) is 23.2 Å². The van der Waals surface area contributed by atoms with Crippen molar-refractivity contribution in [3.63, 3.8) is 0 Å². The van der Waals surface area contributed by atoms with E-state index in [1.54, 1.807) is 30.3 Å². The molecule has 2 aromatic carbocycles. The van der Waals surface area contributed by atoms with Crippen LogP contribution in [0.4, 0.5) is 0 Å². The topological polar surface area (TPSA) is 64.4 Å². The third-order valence-electron chi connectivity index (χ3n) is 4.22. The van der Waals surface area contributed by atoms with E-state index in [0.717, 1.165) is 4.90 Å². The summed E-state index contributed by atoms with van der Waals surface area (Å²) in [5.74, 6) is 0. The number of rotatable bonds is 4. The Morgan fingerprint density at radius 1 is 1.04 bits per heavy atom. The Morgan fingerprint density at radius 2 is 1.64 bits per heavy atom. The molecule has 0 aliphatic carbocycles. The van der Waals surface area contributed by atoms with Gasteiger partial charge in [0.25, 0.3) is 0 Å². The highest BCUT2D eigenvalue weighted by Gasteiger charge is 2.30. The SMILES string of the molecule is Br.CN1CCN(S(=O)(=O)c2cc(C#N)ccc2Sc2cc(Cl)cc(Cl)c2)CC1. The van der Waals surface area contributed by atoms with Crippen molar-refractivity contribution in [2.24, 2.45) is 0 Å². The first-order valence-corrected chi connectivity index (χ1v) is 11.2. The molecule has 0 saturated carbocycles. The van der Waals surface area contributed by atoms with Crippen molar-refractivity contribution in [3.8, 4) is 6.07 Å². The highest BCUT2D eigenvalue weighted by molar-refractivity contribution is 8.93. The van der Waals surface area contributed by atoms with E-state index in [-0.39, 0.29) is 21.9 Å². The Balaban J connectivity index is 0.00000280. The summed E-state index contributed by atoms with van der Waals surface area (Å²) < 4.78 is 27.9. The standard InChI is InChI=1S/C18H17Cl2N3O2S2.BrH/c1-22-4-6-23(7-5-22)27(24,25)18-8-13(12-21)2-3-17(18)26-16-10-14(19)9-15(20)11-16;/h2-3,8-11H,4-7H2,1H3;1H. The molecule has 3 rings (SSSR count). The molecule has 5 nitrogen and oxygen atoms in total. The first-order chi connectivity index (χ1) is 12.8. The Labute approximate surface area is 190 Å². The maximum atomic E-state index is 13.2. The van der Waals surface area contributed by atoms with Crippen LogP contribution in [0.5, 0.6) is 0 Å². The number of halogens is 3. The van der Waals surface area contributed by atoms with Crippen molar-refractivity contribution in [1.29, 1.82) is 5.26 Å². The summed E-state index contributed by atoms with van der Waals surface area (Å²) in [5, 5.41) is 10.2. The highest BCUT2D eigenvalue weighted by atomic mass is 79.9. The average Bonchev–Trinajstić information content (AvgIpc) is 2.61. The smallest absolute Gasteiger partial charge is 0.244 e. The molecule has 150 valence electrons. The van der Waals surface area contributed by atoms with Crippen LogP contribution in [0.15, 0.2) is 51.1 Å². The van der Waals surface area contributed by atoms with Crippen molar-refractivity contribution in [2.45, 2.75) is 14.7 Å². The van der Waals surface area contributed by atoms with Crippen LogP contribution in [0.25, 0.3) is 0 Å². The lowest BCUT2D eigenvalue weighted by Crippen LogP contribution is -2.47. The van der Waals surface area contributed by atoms with E-state index in [0.29, 0.717) is 46.7 Å². The molecule has 1 saturated heterocycles. The molecule has 0 spiro atoms. The van der Waals surface area contributed by atoms with E-state index < -0.39 is 10.0 Å². The van der Waals surface area contributed by atoms with Crippen molar-refractivity contribution in [2.75, 3.05) is 33.2 Å². The molecule has 0 N–H and O–H groups in total. The summed E-state index contributed by atoms with van der Waals surface area (Å²) in [6.07, 6.45) is 0.